The molecule has 0 unspecified atom stereocenters. The fraction of sp³-hybridized carbons (Fsp3) is 0.344. The lowest BCUT2D eigenvalue weighted by molar-refractivity contribution is 0.446. The van der Waals surface area contributed by atoms with Gasteiger partial charge in [0.2, 0.25) is 0 Å². The van der Waals surface area contributed by atoms with Crippen molar-refractivity contribution in [3.8, 4) is 67.5 Å². The van der Waals surface area contributed by atoms with Crippen molar-refractivity contribution in [3.63, 3.8) is 0 Å². The van der Waals surface area contributed by atoms with Crippen LogP contribution >= 0.6 is 0 Å². The van der Waals surface area contributed by atoms with Crippen LogP contribution in [0, 0.1) is 13.7 Å². The molecule has 4 heteroatoms. The Morgan fingerprint density at radius 1 is 0.515 bits per heavy atom. The molecule has 0 spiro atoms. The standard InChI is InChI=1S/C64H73N3O/c1-39-21-23-41(24-22-39)43-27-28-65-54(35-43)46-30-45(33-47(34-46)60(3,4)5)51-19-18-20-56-57(51)66-59(52-37-50(63(12,13)14)38-53(58(52)68)64(15,16)17)67(56)55-26-25-42(29-40(55)2)44-31-48(61(6,7)8)36-49(32-44)62(9,10)11/h18-38,68H,1-17H3/i1D3,2D3,21D,22D,23D,24D,27D,28D,35D. The van der Waals surface area contributed by atoms with Gasteiger partial charge in [-0.15, -0.1) is 0 Å². The summed E-state index contributed by atoms with van der Waals surface area (Å²) >= 11 is 0. The number of fused-ring (bicyclic) bond motifs is 1. The van der Waals surface area contributed by atoms with E-state index in [9.17, 15) is 10.6 Å². The number of hydrogen-bond acceptors (Lipinski definition) is 3. The SMILES string of the molecule is [2H]c1nc(-c2cc(-c3cccc4c3nc(-c3cc(C(C)(C)C)cc(C(C)(C)C)c3O)n4-c3ccc(-c4cc(C(C)(C)C)cc(C(C)(C)C)c4)cc3C([2H])([2H])[2H])cc(C(C)(C)C)c2)c([2H])c(-c2c([2H])c([2H])c(C([2H])([2H])[2H])c([2H])c2[2H])c1[2H]. The summed E-state index contributed by atoms with van der Waals surface area (Å²) in [5.74, 6) is 0.283. The minimum atomic E-state index is -3.00. The largest absolute Gasteiger partial charge is 0.507 e. The second-order valence-electron chi connectivity index (χ2n) is 23.4. The highest BCUT2D eigenvalue weighted by Crippen LogP contribution is 2.46. The zero-order valence-corrected chi connectivity index (χ0v) is 42.4. The first-order valence-corrected chi connectivity index (χ1v) is 23.4. The molecule has 1 N–H and O–H groups in total. The van der Waals surface area contributed by atoms with Crippen molar-refractivity contribution < 1.29 is 22.9 Å². The molecule has 0 fully saturated rings. The molecule has 2 heterocycles. The molecule has 6 aromatic carbocycles. The number of nitrogens with zero attached hydrogens (tertiary/aromatic N) is 3. The molecular weight excluding hydrogens is 827 g/mol. The maximum Gasteiger partial charge on any atom is 0.149 e. The van der Waals surface area contributed by atoms with E-state index in [4.69, 9.17) is 17.3 Å². The summed E-state index contributed by atoms with van der Waals surface area (Å²) in [7, 11) is 0. The number of aryl methyl sites for hydroxylation is 1. The van der Waals surface area contributed by atoms with Gasteiger partial charge in [0.15, 0.2) is 0 Å². The van der Waals surface area contributed by atoms with Crippen LogP contribution in [0.5, 0.6) is 5.75 Å². The number of aromatic nitrogens is 3. The summed E-state index contributed by atoms with van der Waals surface area (Å²) in [6.45, 7) is 25.7. The quantitative estimate of drug-likeness (QED) is 0.181. The summed E-state index contributed by atoms with van der Waals surface area (Å²) in [4.78, 5) is 9.92. The second kappa shape index (κ2) is 17.1. The van der Waals surface area contributed by atoms with E-state index in [1.54, 1.807) is 12.1 Å². The predicted octanol–water partition coefficient (Wildman–Crippen LogP) is 17.6. The fourth-order valence-electron chi connectivity index (χ4n) is 8.51. The molecule has 0 radical (unpaired) electrons. The van der Waals surface area contributed by atoms with Gasteiger partial charge in [0.25, 0.3) is 0 Å². The molecule has 68 heavy (non-hydrogen) atoms. The van der Waals surface area contributed by atoms with Crippen LogP contribution in [0.4, 0.5) is 0 Å². The molecule has 350 valence electrons. The summed E-state index contributed by atoms with van der Waals surface area (Å²) in [5, 5.41) is 12.6. The predicted molar refractivity (Wildman–Crippen MR) is 291 cm³/mol. The van der Waals surface area contributed by atoms with Gasteiger partial charge in [0.1, 0.15) is 11.6 Å². The van der Waals surface area contributed by atoms with Gasteiger partial charge in [-0.05, 0) is 145 Å². The number of para-hydroxylation sites is 1. The maximum atomic E-state index is 12.6. The van der Waals surface area contributed by atoms with Crippen LogP contribution in [0.2, 0.25) is 0 Å². The summed E-state index contributed by atoms with van der Waals surface area (Å²) < 4.78 is 116. The monoisotopic (exact) mass is 913 g/mol. The van der Waals surface area contributed by atoms with Crippen LogP contribution < -0.4 is 0 Å². The number of pyridine rings is 1. The van der Waals surface area contributed by atoms with E-state index < -0.39 is 89.1 Å². The van der Waals surface area contributed by atoms with E-state index in [0.717, 1.165) is 33.4 Å². The zero-order chi connectivity index (χ0) is 60.6. The molecule has 0 aliphatic heterocycles. The van der Waals surface area contributed by atoms with E-state index in [2.05, 4.69) is 85.5 Å². The first-order chi connectivity index (χ1) is 36.9. The molecule has 0 saturated carbocycles. The normalized spacial score (nSPS) is 16.0. The highest BCUT2D eigenvalue weighted by atomic mass is 16.3. The minimum Gasteiger partial charge on any atom is -0.507 e. The Labute approximate surface area is 425 Å². The van der Waals surface area contributed by atoms with E-state index in [0.29, 0.717) is 44.5 Å². The number of aromatic hydroxyl groups is 1. The van der Waals surface area contributed by atoms with Crippen molar-refractivity contribution >= 4 is 11.0 Å². The number of benzene rings is 6. The van der Waals surface area contributed by atoms with E-state index >= 15 is 0 Å². The third kappa shape index (κ3) is 9.57. The van der Waals surface area contributed by atoms with Crippen molar-refractivity contribution in [2.75, 3.05) is 0 Å². The number of phenolic OH excluding ortho intramolecular Hbond substituents is 1. The lowest BCUT2D eigenvalue weighted by Gasteiger charge is -2.27. The lowest BCUT2D eigenvalue weighted by Crippen LogP contribution is -2.17. The summed E-state index contributed by atoms with van der Waals surface area (Å²) in [6.07, 6.45) is -0.611. The number of rotatable bonds is 6. The van der Waals surface area contributed by atoms with Crippen LogP contribution in [0.15, 0.2) is 127 Å². The van der Waals surface area contributed by atoms with Crippen LogP contribution in [0.1, 0.15) is 161 Å². The van der Waals surface area contributed by atoms with E-state index in [1.165, 1.54) is 0 Å². The van der Waals surface area contributed by atoms with Gasteiger partial charge in [-0.3, -0.25) is 9.55 Å². The van der Waals surface area contributed by atoms with Gasteiger partial charge in [0, 0.05) is 31.1 Å². The van der Waals surface area contributed by atoms with Crippen molar-refractivity contribution in [1.29, 1.82) is 0 Å². The average Bonchev–Trinajstić information content (AvgIpc) is 3.92. The van der Waals surface area contributed by atoms with Crippen molar-refractivity contribution in [2.24, 2.45) is 0 Å². The van der Waals surface area contributed by atoms with Gasteiger partial charge in [-0.2, -0.15) is 0 Å². The second-order valence-corrected chi connectivity index (χ2v) is 23.4. The summed E-state index contributed by atoms with van der Waals surface area (Å²) in [6, 6.07) is 22.8. The smallest absolute Gasteiger partial charge is 0.149 e. The Kier molecular flexibility index (Phi) is 8.55. The Bertz CT molecular complexity index is 3790. The third-order valence-corrected chi connectivity index (χ3v) is 12.8. The third-order valence-electron chi connectivity index (χ3n) is 12.8. The highest BCUT2D eigenvalue weighted by Gasteiger charge is 2.30. The van der Waals surface area contributed by atoms with Gasteiger partial charge in [-0.1, -0.05) is 182 Å². The molecular formula is C64H73N3O. The van der Waals surface area contributed by atoms with Gasteiger partial charge >= 0.3 is 0 Å². The van der Waals surface area contributed by atoms with Gasteiger partial charge in [-0.25, -0.2) is 4.98 Å². The van der Waals surface area contributed by atoms with Crippen LogP contribution in [-0.2, 0) is 27.1 Å². The van der Waals surface area contributed by atoms with Crippen molar-refractivity contribution in [3.05, 3.63) is 166 Å². The zero-order valence-electron chi connectivity index (χ0n) is 55.4. The number of imidazole rings is 1. The van der Waals surface area contributed by atoms with Crippen LogP contribution in [0.3, 0.4) is 0 Å². The molecule has 0 amide bonds. The molecule has 0 saturated heterocycles. The molecule has 0 atom stereocenters. The minimum absolute atomic E-state index is 0.00457. The Balaban J connectivity index is 1.48. The van der Waals surface area contributed by atoms with Crippen molar-refractivity contribution in [1.82, 2.24) is 14.5 Å². The Morgan fingerprint density at radius 3 is 1.72 bits per heavy atom. The van der Waals surface area contributed by atoms with Crippen LogP contribution in [-0.4, -0.2) is 19.6 Å². The first-order valence-electron chi connectivity index (χ1n) is 29.9. The fourth-order valence-corrected chi connectivity index (χ4v) is 8.51. The molecule has 0 aliphatic rings. The van der Waals surface area contributed by atoms with Crippen molar-refractivity contribution in [2.45, 2.75) is 145 Å². The topological polar surface area (TPSA) is 50.9 Å². The average molecular weight is 913 g/mol. The molecule has 8 aromatic rings. The first kappa shape index (κ1) is 34.1. The molecule has 4 nitrogen and oxygen atoms in total. The molecule has 0 bridgehead atoms. The maximum absolute atomic E-state index is 12.6. The lowest BCUT2D eigenvalue weighted by atomic mass is 9.78. The Hall–Kier alpha value is -6.26. The van der Waals surface area contributed by atoms with Crippen LogP contribution in [0.25, 0.3) is 72.7 Å². The Morgan fingerprint density at radius 2 is 1.12 bits per heavy atom. The highest BCUT2D eigenvalue weighted by molar-refractivity contribution is 5.97. The van der Waals surface area contributed by atoms with E-state index in [-0.39, 0.29) is 33.7 Å². The van der Waals surface area contributed by atoms with E-state index in [1.807, 2.05) is 101 Å². The molecule has 2 aromatic heterocycles. The number of hydrogen-bond donors (Lipinski definition) is 1. The molecule has 8 rings (SSSR count). The number of phenols is 1. The van der Waals surface area contributed by atoms with Gasteiger partial charge in [0.05, 0.1) is 37.6 Å². The molecule has 0 aliphatic carbocycles. The van der Waals surface area contributed by atoms with Gasteiger partial charge < -0.3 is 5.11 Å². The summed E-state index contributed by atoms with van der Waals surface area (Å²) in [5.41, 5.74) is 5.72.